The number of oxazole rings is 1. The van der Waals surface area contributed by atoms with E-state index in [1.165, 1.54) is 13.3 Å². The molecule has 0 atom stereocenters. The van der Waals surface area contributed by atoms with Crippen LogP contribution in [-0.2, 0) is 18.6 Å². The van der Waals surface area contributed by atoms with E-state index >= 15 is 0 Å². The van der Waals surface area contributed by atoms with E-state index in [0.717, 1.165) is 16.4 Å². The molecule has 2 heterocycles. The molecule has 0 radical (unpaired) electrons. The Morgan fingerprint density at radius 3 is 2.54 bits per heavy atom. The normalized spacial score (nSPS) is 12.2. The van der Waals surface area contributed by atoms with Crippen molar-refractivity contribution in [2.45, 2.75) is 25.4 Å². The third-order valence-electron chi connectivity index (χ3n) is 4.26. The monoisotopic (exact) mass is 392 g/mol. The van der Waals surface area contributed by atoms with E-state index in [0.29, 0.717) is 11.6 Å². The molecule has 148 valence electrons. The molecule has 6 nitrogen and oxygen atoms in total. The first kappa shape index (κ1) is 19.7. The number of aryl methyl sites for hydroxylation is 1. The zero-order valence-electron chi connectivity index (χ0n) is 15.5. The van der Waals surface area contributed by atoms with Gasteiger partial charge in [-0.25, -0.2) is 4.98 Å². The van der Waals surface area contributed by atoms with Crippen LogP contribution in [0.4, 0.5) is 13.2 Å². The van der Waals surface area contributed by atoms with Gasteiger partial charge in [-0.3, -0.25) is 9.48 Å². The van der Waals surface area contributed by atoms with Gasteiger partial charge in [0, 0.05) is 30.8 Å². The van der Waals surface area contributed by atoms with Crippen LogP contribution in [0.1, 0.15) is 35.6 Å². The van der Waals surface area contributed by atoms with Gasteiger partial charge in [0.25, 0.3) is 5.91 Å². The van der Waals surface area contributed by atoms with Gasteiger partial charge >= 0.3 is 6.18 Å². The first-order valence-electron chi connectivity index (χ1n) is 8.48. The molecule has 28 heavy (non-hydrogen) atoms. The van der Waals surface area contributed by atoms with Crippen molar-refractivity contribution < 1.29 is 22.4 Å². The maximum atomic E-state index is 13.1. The summed E-state index contributed by atoms with van der Waals surface area (Å²) >= 11 is 0. The van der Waals surface area contributed by atoms with Crippen LogP contribution in [0.2, 0.25) is 0 Å². The van der Waals surface area contributed by atoms with Crippen molar-refractivity contribution >= 4 is 5.91 Å². The summed E-state index contributed by atoms with van der Waals surface area (Å²) < 4.78 is 45.7. The summed E-state index contributed by atoms with van der Waals surface area (Å²) in [5, 5.41) is 6.16. The van der Waals surface area contributed by atoms with Crippen molar-refractivity contribution in [3.63, 3.8) is 0 Å². The number of carbonyl (C=O) groups is 1. The number of nitrogens with zero attached hydrogens (tertiary/aromatic N) is 3. The van der Waals surface area contributed by atoms with Gasteiger partial charge in [0.2, 0.25) is 5.89 Å². The standard InChI is InChI=1S/C19H19F3N4O2/c1-18(2,14-10-28-17(24-14)12-7-5-4-6-8-12)11-23-16(27)15-13(19(20,21)22)9-26(3)25-15/h4-10H,11H2,1-3H3,(H,23,27). The molecule has 0 spiro atoms. The lowest BCUT2D eigenvalue weighted by Crippen LogP contribution is -2.37. The Morgan fingerprint density at radius 1 is 1.21 bits per heavy atom. The third kappa shape index (κ3) is 4.08. The van der Waals surface area contributed by atoms with E-state index in [4.69, 9.17) is 4.42 Å². The number of halogens is 3. The fourth-order valence-electron chi connectivity index (χ4n) is 2.64. The molecule has 3 rings (SSSR count). The summed E-state index contributed by atoms with van der Waals surface area (Å²) in [6.07, 6.45) is -2.40. The van der Waals surface area contributed by atoms with Gasteiger partial charge in [-0.2, -0.15) is 18.3 Å². The molecular weight excluding hydrogens is 373 g/mol. The summed E-state index contributed by atoms with van der Waals surface area (Å²) in [6.45, 7) is 3.67. The smallest absolute Gasteiger partial charge is 0.420 e. The summed E-state index contributed by atoms with van der Waals surface area (Å²) in [7, 11) is 1.33. The van der Waals surface area contributed by atoms with Crippen molar-refractivity contribution in [3.8, 4) is 11.5 Å². The summed E-state index contributed by atoms with van der Waals surface area (Å²) in [4.78, 5) is 16.7. The molecule has 3 aromatic rings. The maximum Gasteiger partial charge on any atom is 0.420 e. The second-order valence-electron chi connectivity index (χ2n) is 7.03. The van der Waals surface area contributed by atoms with Gasteiger partial charge in [-0.1, -0.05) is 32.0 Å². The SMILES string of the molecule is Cn1cc(C(F)(F)F)c(C(=O)NCC(C)(C)c2coc(-c3ccccc3)n2)n1. The van der Waals surface area contributed by atoms with Gasteiger partial charge < -0.3 is 9.73 Å². The number of benzene rings is 1. The fraction of sp³-hybridized carbons (Fsp3) is 0.316. The van der Waals surface area contributed by atoms with Crippen LogP contribution >= 0.6 is 0 Å². The number of nitrogens with one attached hydrogen (secondary N) is 1. The number of amides is 1. The van der Waals surface area contributed by atoms with Crippen LogP contribution in [0.25, 0.3) is 11.5 Å². The van der Waals surface area contributed by atoms with Crippen LogP contribution in [-0.4, -0.2) is 27.2 Å². The second-order valence-corrected chi connectivity index (χ2v) is 7.03. The van der Waals surface area contributed by atoms with Crippen molar-refractivity contribution in [2.24, 2.45) is 7.05 Å². The number of aromatic nitrogens is 3. The van der Waals surface area contributed by atoms with Crippen LogP contribution in [0, 0.1) is 0 Å². The van der Waals surface area contributed by atoms with E-state index in [-0.39, 0.29) is 6.54 Å². The van der Waals surface area contributed by atoms with Gasteiger partial charge in [0.1, 0.15) is 11.8 Å². The Morgan fingerprint density at radius 2 is 1.89 bits per heavy atom. The number of hydrogen-bond acceptors (Lipinski definition) is 4. The minimum Gasteiger partial charge on any atom is -0.444 e. The average Bonchev–Trinajstić information content (AvgIpc) is 3.27. The fourth-order valence-corrected chi connectivity index (χ4v) is 2.64. The molecule has 0 fully saturated rings. The van der Waals surface area contributed by atoms with Crippen molar-refractivity contribution in [2.75, 3.05) is 6.54 Å². The Kier molecular flexibility index (Phi) is 5.01. The minimum absolute atomic E-state index is 0.0560. The molecule has 2 aromatic heterocycles. The number of carbonyl (C=O) groups excluding carboxylic acids is 1. The van der Waals surface area contributed by atoms with Crippen molar-refractivity contribution in [1.82, 2.24) is 20.1 Å². The average molecular weight is 392 g/mol. The maximum absolute atomic E-state index is 13.1. The molecule has 0 saturated heterocycles. The highest BCUT2D eigenvalue weighted by Crippen LogP contribution is 2.31. The zero-order chi connectivity index (χ0) is 20.5. The largest absolute Gasteiger partial charge is 0.444 e. The molecule has 0 saturated carbocycles. The van der Waals surface area contributed by atoms with E-state index in [1.54, 1.807) is 0 Å². The van der Waals surface area contributed by atoms with E-state index in [9.17, 15) is 18.0 Å². The highest BCUT2D eigenvalue weighted by molar-refractivity contribution is 5.93. The van der Waals surface area contributed by atoms with Gasteiger partial charge in [-0.05, 0) is 12.1 Å². The van der Waals surface area contributed by atoms with Crippen LogP contribution in [0.3, 0.4) is 0 Å². The molecule has 0 aliphatic carbocycles. The first-order chi connectivity index (χ1) is 13.1. The van der Waals surface area contributed by atoms with Gasteiger partial charge in [-0.15, -0.1) is 0 Å². The van der Waals surface area contributed by atoms with Crippen LogP contribution in [0.15, 0.2) is 47.2 Å². The molecule has 0 aliphatic heterocycles. The molecule has 0 aliphatic rings. The lowest BCUT2D eigenvalue weighted by atomic mass is 9.90. The van der Waals surface area contributed by atoms with Crippen LogP contribution in [0.5, 0.6) is 0 Å². The molecule has 1 amide bonds. The Balaban J connectivity index is 1.74. The minimum atomic E-state index is -4.66. The molecule has 9 heteroatoms. The van der Waals surface area contributed by atoms with Crippen molar-refractivity contribution in [1.29, 1.82) is 0 Å². The molecular formula is C19H19F3N4O2. The quantitative estimate of drug-likeness (QED) is 0.717. The number of alkyl halides is 3. The summed E-state index contributed by atoms with van der Waals surface area (Å²) in [5.74, 6) is -0.466. The highest BCUT2D eigenvalue weighted by Gasteiger charge is 2.38. The highest BCUT2D eigenvalue weighted by atomic mass is 19.4. The van der Waals surface area contributed by atoms with Crippen LogP contribution < -0.4 is 5.32 Å². The predicted molar refractivity (Wildman–Crippen MR) is 95.5 cm³/mol. The number of rotatable bonds is 5. The second kappa shape index (κ2) is 7.14. The van der Waals surface area contributed by atoms with Gasteiger partial charge in [0.05, 0.1) is 5.69 Å². The van der Waals surface area contributed by atoms with Crippen molar-refractivity contribution in [3.05, 3.63) is 59.7 Å². The molecule has 0 bridgehead atoms. The van der Waals surface area contributed by atoms with Gasteiger partial charge in [0.15, 0.2) is 5.69 Å². The van der Waals surface area contributed by atoms with E-state index < -0.39 is 28.8 Å². The lowest BCUT2D eigenvalue weighted by Gasteiger charge is -2.22. The molecule has 0 unspecified atom stereocenters. The van der Waals surface area contributed by atoms with E-state index in [1.807, 2.05) is 44.2 Å². The Bertz CT molecular complexity index is 975. The first-order valence-corrected chi connectivity index (χ1v) is 8.48. The molecule has 1 aromatic carbocycles. The summed E-state index contributed by atoms with van der Waals surface area (Å²) in [5.41, 5.74) is -1.02. The zero-order valence-corrected chi connectivity index (χ0v) is 15.5. The molecule has 1 N–H and O–H groups in total. The third-order valence-corrected chi connectivity index (χ3v) is 4.26. The van der Waals surface area contributed by atoms with E-state index in [2.05, 4.69) is 15.4 Å². The number of hydrogen-bond donors (Lipinski definition) is 1. The lowest BCUT2D eigenvalue weighted by molar-refractivity contribution is -0.138. The Hall–Kier alpha value is -3.10. The topological polar surface area (TPSA) is 73.0 Å². The Labute approximate surface area is 159 Å². The summed E-state index contributed by atoms with van der Waals surface area (Å²) in [6, 6.07) is 9.29. The predicted octanol–water partition coefficient (Wildman–Crippen LogP) is 3.80.